The first kappa shape index (κ1) is 14.0. The second-order valence-electron chi connectivity index (χ2n) is 5.65. The van der Waals surface area contributed by atoms with E-state index in [0.29, 0.717) is 19.1 Å². The Bertz CT molecular complexity index is 653. The van der Waals surface area contributed by atoms with Crippen molar-refractivity contribution in [2.24, 2.45) is 0 Å². The summed E-state index contributed by atoms with van der Waals surface area (Å²) in [7, 11) is 0. The molecule has 0 radical (unpaired) electrons. The molecule has 0 saturated heterocycles. The lowest BCUT2D eigenvalue weighted by Gasteiger charge is -2.15. The molecule has 0 aliphatic carbocycles. The molecule has 0 bridgehead atoms. The normalized spacial score (nSPS) is 14.3. The summed E-state index contributed by atoms with van der Waals surface area (Å²) in [5.74, 6) is 2.01. The molecule has 0 spiro atoms. The van der Waals surface area contributed by atoms with E-state index in [9.17, 15) is 0 Å². The summed E-state index contributed by atoms with van der Waals surface area (Å²) in [4.78, 5) is 4.78. The summed E-state index contributed by atoms with van der Waals surface area (Å²) < 4.78 is 11.6. The molecule has 0 unspecified atom stereocenters. The quantitative estimate of drug-likeness (QED) is 0.927. The molecule has 1 aliphatic rings. The van der Waals surface area contributed by atoms with Crippen molar-refractivity contribution in [3.05, 3.63) is 23.9 Å². The van der Waals surface area contributed by atoms with Crippen molar-refractivity contribution in [2.75, 3.05) is 25.1 Å². The zero-order valence-electron chi connectivity index (χ0n) is 12.9. The maximum atomic E-state index is 5.79. The summed E-state index contributed by atoms with van der Waals surface area (Å²) in [5, 5.41) is 4.52. The van der Waals surface area contributed by atoms with Gasteiger partial charge in [0.05, 0.1) is 18.7 Å². The molecule has 112 valence electrons. The Hall–Kier alpha value is -1.97. The van der Waals surface area contributed by atoms with Crippen LogP contribution in [0.5, 0.6) is 11.5 Å². The van der Waals surface area contributed by atoms with Gasteiger partial charge in [0.25, 0.3) is 0 Å². The number of benzene rings is 1. The van der Waals surface area contributed by atoms with Gasteiger partial charge in [0, 0.05) is 35.8 Å². The largest absolute Gasteiger partial charge is 0.490 e. The molecule has 1 aromatic heterocycles. The molecular weight excluding hydrogens is 264 g/mol. The third kappa shape index (κ3) is 2.75. The van der Waals surface area contributed by atoms with Gasteiger partial charge in [-0.25, -0.2) is 0 Å². The van der Waals surface area contributed by atoms with Crippen LogP contribution in [0.4, 0.5) is 5.69 Å². The molecule has 1 aromatic carbocycles. The van der Waals surface area contributed by atoms with E-state index in [2.05, 4.69) is 32.2 Å². The number of nitrogens with one attached hydrogen (secondary N) is 1. The Morgan fingerprint density at radius 2 is 1.86 bits per heavy atom. The van der Waals surface area contributed by atoms with Crippen LogP contribution in [0.3, 0.4) is 0 Å². The SMILES string of the molecule is CCNc1cc(C(C)C)nc2cc3c(cc12)OCCCO3. The number of anilines is 1. The van der Waals surface area contributed by atoms with Crippen molar-refractivity contribution in [3.63, 3.8) is 0 Å². The number of fused-ring (bicyclic) bond motifs is 2. The molecule has 0 amide bonds. The molecule has 1 N–H and O–H groups in total. The van der Waals surface area contributed by atoms with Crippen LogP contribution < -0.4 is 14.8 Å². The number of rotatable bonds is 3. The number of pyridine rings is 1. The van der Waals surface area contributed by atoms with Gasteiger partial charge in [-0.15, -0.1) is 0 Å². The molecule has 4 nitrogen and oxygen atoms in total. The number of hydrogen-bond donors (Lipinski definition) is 1. The Kier molecular flexibility index (Phi) is 3.86. The lowest BCUT2D eigenvalue weighted by molar-refractivity contribution is 0.297. The molecular formula is C17H22N2O2. The van der Waals surface area contributed by atoms with Crippen LogP contribution in [-0.4, -0.2) is 24.7 Å². The van der Waals surface area contributed by atoms with E-state index >= 15 is 0 Å². The van der Waals surface area contributed by atoms with Crippen LogP contribution >= 0.6 is 0 Å². The van der Waals surface area contributed by atoms with Crippen molar-refractivity contribution >= 4 is 16.6 Å². The highest BCUT2D eigenvalue weighted by atomic mass is 16.5. The highest BCUT2D eigenvalue weighted by molar-refractivity contribution is 5.94. The highest BCUT2D eigenvalue weighted by Gasteiger charge is 2.15. The van der Waals surface area contributed by atoms with E-state index in [1.165, 1.54) is 0 Å². The van der Waals surface area contributed by atoms with Gasteiger partial charge in [-0.3, -0.25) is 4.98 Å². The molecule has 0 atom stereocenters. The monoisotopic (exact) mass is 286 g/mol. The first-order valence-electron chi connectivity index (χ1n) is 7.67. The summed E-state index contributed by atoms with van der Waals surface area (Å²) >= 11 is 0. The minimum absolute atomic E-state index is 0.391. The molecule has 4 heteroatoms. The number of aromatic nitrogens is 1. The predicted molar refractivity (Wildman–Crippen MR) is 85.6 cm³/mol. The van der Waals surface area contributed by atoms with Crippen molar-refractivity contribution < 1.29 is 9.47 Å². The fourth-order valence-corrected chi connectivity index (χ4v) is 2.54. The van der Waals surface area contributed by atoms with Gasteiger partial charge in [-0.2, -0.15) is 0 Å². The third-order valence-corrected chi connectivity index (χ3v) is 3.66. The molecule has 1 aliphatic heterocycles. The van der Waals surface area contributed by atoms with Gasteiger partial charge in [-0.05, 0) is 25.0 Å². The van der Waals surface area contributed by atoms with Crippen molar-refractivity contribution in [1.29, 1.82) is 0 Å². The average Bonchev–Trinajstić information content (AvgIpc) is 2.70. The van der Waals surface area contributed by atoms with Gasteiger partial charge in [-0.1, -0.05) is 13.8 Å². The van der Waals surface area contributed by atoms with E-state index in [1.807, 2.05) is 12.1 Å². The van der Waals surface area contributed by atoms with E-state index in [-0.39, 0.29) is 0 Å². The fraction of sp³-hybridized carbons (Fsp3) is 0.471. The lowest BCUT2D eigenvalue weighted by atomic mass is 10.1. The molecule has 2 heterocycles. The second kappa shape index (κ2) is 5.80. The van der Waals surface area contributed by atoms with Crippen LogP contribution in [0.2, 0.25) is 0 Å². The zero-order valence-corrected chi connectivity index (χ0v) is 12.9. The van der Waals surface area contributed by atoms with Gasteiger partial charge in [0.15, 0.2) is 11.5 Å². The molecule has 3 rings (SSSR count). The minimum Gasteiger partial charge on any atom is -0.490 e. The van der Waals surface area contributed by atoms with Gasteiger partial charge in [0.2, 0.25) is 0 Å². The van der Waals surface area contributed by atoms with Crippen LogP contribution in [-0.2, 0) is 0 Å². The molecule has 0 fully saturated rings. The van der Waals surface area contributed by atoms with Crippen LogP contribution in [0, 0.1) is 0 Å². The summed E-state index contributed by atoms with van der Waals surface area (Å²) in [6, 6.07) is 6.19. The third-order valence-electron chi connectivity index (χ3n) is 3.66. The topological polar surface area (TPSA) is 43.4 Å². The van der Waals surface area contributed by atoms with Crippen LogP contribution in [0.15, 0.2) is 18.2 Å². The number of ether oxygens (including phenoxy) is 2. The lowest BCUT2D eigenvalue weighted by Crippen LogP contribution is -2.02. The zero-order chi connectivity index (χ0) is 14.8. The van der Waals surface area contributed by atoms with Crippen molar-refractivity contribution in [3.8, 4) is 11.5 Å². The van der Waals surface area contributed by atoms with E-state index in [1.54, 1.807) is 0 Å². The van der Waals surface area contributed by atoms with Gasteiger partial charge >= 0.3 is 0 Å². The first-order valence-corrected chi connectivity index (χ1v) is 7.67. The average molecular weight is 286 g/mol. The van der Waals surface area contributed by atoms with Gasteiger partial charge in [0.1, 0.15) is 0 Å². The second-order valence-corrected chi connectivity index (χ2v) is 5.65. The van der Waals surface area contributed by atoms with E-state index in [0.717, 1.165) is 46.7 Å². The highest BCUT2D eigenvalue weighted by Crippen LogP contribution is 2.37. The number of hydrogen-bond acceptors (Lipinski definition) is 4. The predicted octanol–water partition coefficient (Wildman–Crippen LogP) is 3.95. The Morgan fingerprint density at radius 1 is 1.14 bits per heavy atom. The van der Waals surface area contributed by atoms with Crippen molar-refractivity contribution in [1.82, 2.24) is 4.98 Å². The maximum Gasteiger partial charge on any atom is 0.163 e. The molecule has 2 aromatic rings. The van der Waals surface area contributed by atoms with Crippen LogP contribution in [0.25, 0.3) is 10.9 Å². The Labute approximate surface area is 125 Å². The fourth-order valence-electron chi connectivity index (χ4n) is 2.54. The Balaban J connectivity index is 2.19. The van der Waals surface area contributed by atoms with Gasteiger partial charge < -0.3 is 14.8 Å². The Morgan fingerprint density at radius 3 is 2.52 bits per heavy atom. The van der Waals surface area contributed by atoms with Crippen molar-refractivity contribution in [2.45, 2.75) is 33.1 Å². The van der Waals surface area contributed by atoms with E-state index < -0.39 is 0 Å². The summed E-state index contributed by atoms with van der Waals surface area (Å²) in [6.45, 7) is 8.70. The summed E-state index contributed by atoms with van der Waals surface area (Å²) in [6.07, 6.45) is 0.912. The minimum atomic E-state index is 0.391. The van der Waals surface area contributed by atoms with Crippen LogP contribution in [0.1, 0.15) is 38.8 Å². The molecule has 21 heavy (non-hydrogen) atoms. The first-order chi connectivity index (χ1) is 10.2. The number of nitrogens with zero attached hydrogens (tertiary/aromatic N) is 1. The summed E-state index contributed by atoms with van der Waals surface area (Å²) in [5.41, 5.74) is 3.16. The molecule has 0 saturated carbocycles. The smallest absolute Gasteiger partial charge is 0.163 e. The van der Waals surface area contributed by atoms with E-state index in [4.69, 9.17) is 14.5 Å². The maximum absolute atomic E-state index is 5.79. The standard InChI is InChI=1S/C17H22N2O2/c1-4-18-14-9-13(11(2)3)19-15-10-17-16(8-12(14)15)20-6-5-7-21-17/h8-11H,4-7H2,1-3H3,(H,18,19).